The van der Waals surface area contributed by atoms with Crippen LogP contribution in [0.4, 0.5) is 5.69 Å². The number of likely N-dealkylation sites (N-methyl/N-ethyl adjacent to an activating group) is 1. The average Bonchev–Trinajstić information content (AvgIpc) is 3.25. The van der Waals surface area contributed by atoms with E-state index in [9.17, 15) is 4.79 Å². The number of hydrogen-bond acceptors (Lipinski definition) is 6. The summed E-state index contributed by atoms with van der Waals surface area (Å²) in [6.45, 7) is 2.56. The summed E-state index contributed by atoms with van der Waals surface area (Å²) in [6, 6.07) is 7.23. The molecule has 0 atom stereocenters. The lowest BCUT2D eigenvalue weighted by Crippen LogP contribution is -2.38. The quantitative estimate of drug-likeness (QED) is 0.739. The van der Waals surface area contributed by atoms with Crippen LogP contribution in [0.25, 0.3) is 22.8 Å². The van der Waals surface area contributed by atoms with Crippen molar-refractivity contribution in [1.82, 2.24) is 10.1 Å². The third kappa shape index (κ3) is 2.26. The Bertz CT molecular complexity index is 854. The highest BCUT2D eigenvalue weighted by molar-refractivity contribution is 5.98. The number of amides is 1. The van der Waals surface area contributed by atoms with Gasteiger partial charge in [0.15, 0.2) is 6.61 Å². The molecule has 3 aromatic rings. The Morgan fingerprint density at radius 3 is 2.96 bits per heavy atom. The Hall–Kier alpha value is -3.09. The Morgan fingerprint density at radius 1 is 1.26 bits per heavy atom. The molecular weight excluding hydrogens is 298 g/mol. The summed E-state index contributed by atoms with van der Waals surface area (Å²) in [5.41, 5.74) is 2.19. The Kier molecular flexibility index (Phi) is 3.11. The minimum Gasteiger partial charge on any atom is -0.482 e. The van der Waals surface area contributed by atoms with Gasteiger partial charge in [-0.3, -0.25) is 4.79 Å². The Morgan fingerprint density at radius 2 is 2.17 bits per heavy atom. The molecular formula is C16H13N3O4. The molecule has 1 aliphatic rings. The van der Waals surface area contributed by atoms with Gasteiger partial charge < -0.3 is 18.6 Å². The summed E-state index contributed by atoms with van der Waals surface area (Å²) >= 11 is 0. The molecule has 0 fully saturated rings. The average molecular weight is 311 g/mol. The van der Waals surface area contributed by atoms with Gasteiger partial charge >= 0.3 is 0 Å². The molecule has 4 rings (SSSR count). The van der Waals surface area contributed by atoms with Gasteiger partial charge in [0.2, 0.25) is 5.82 Å². The zero-order valence-corrected chi connectivity index (χ0v) is 12.4. The van der Waals surface area contributed by atoms with Gasteiger partial charge in [0, 0.05) is 12.1 Å². The predicted octanol–water partition coefficient (Wildman–Crippen LogP) is 2.74. The van der Waals surface area contributed by atoms with Crippen LogP contribution in [-0.2, 0) is 4.79 Å². The first kappa shape index (κ1) is 13.6. The second-order valence-corrected chi connectivity index (χ2v) is 5.04. The number of ether oxygens (including phenoxy) is 1. The van der Waals surface area contributed by atoms with Crippen LogP contribution in [0, 0.1) is 0 Å². The molecule has 0 saturated carbocycles. The highest BCUT2D eigenvalue weighted by atomic mass is 16.5. The third-order valence-corrected chi connectivity index (χ3v) is 3.67. The maximum Gasteiger partial charge on any atom is 0.265 e. The van der Waals surface area contributed by atoms with Crippen molar-refractivity contribution in [2.24, 2.45) is 0 Å². The van der Waals surface area contributed by atoms with Crippen molar-refractivity contribution in [3.8, 4) is 28.6 Å². The zero-order valence-electron chi connectivity index (χ0n) is 12.4. The summed E-state index contributed by atoms with van der Waals surface area (Å²) in [5.74, 6) is 1.43. The molecule has 7 heteroatoms. The van der Waals surface area contributed by atoms with Crippen molar-refractivity contribution in [1.29, 1.82) is 0 Å². The first-order valence-corrected chi connectivity index (χ1v) is 7.20. The van der Waals surface area contributed by atoms with Gasteiger partial charge in [0.1, 0.15) is 12.0 Å². The van der Waals surface area contributed by atoms with E-state index in [4.69, 9.17) is 13.7 Å². The highest BCUT2D eigenvalue weighted by Crippen LogP contribution is 2.35. The van der Waals surface area contributed by atoms with E-state index in [1.807, 2.05) is 25.1 Å². The van der Waals surface area contributed by atoms with Crippen LogP contribution in [0.3, 0.4) is 0 Å². The van der Waals surface area contributed by atoms with Crippen LogP contribution in [0.1, 0.15) is 6.92 Å². The van der Waals surface area contributed by atoms with E-state index in [0.717, 1.165) is 16.8 Å². The second-order valence-electron chi connectivity index (χ2n) is 5.04. The van der Waals surface area contributed by atoms with E-state index in [1.165, 1.54) is 6.26 Å². The molecule has 0 N–H and O–H groups in total. The minimum absolute atomic E-state index is 0.0625. The lowest BCUT2D eigenvalue weighted by atomic mass is 10.1. The standard InChI is InChI=1S/C16H13N3O4/c1-2-19-12-7-10(3-4-13(12)22-9-14(19)20)15-17-16(23-18-15)11-5-6-21-8-11/h3-8H,2,9H2,1H3. The van der Waals surface area contributed by atoms with Gasteiger partial charge in [0.25, 0.3) is 11.8 Å². The lowest BCUT2D eigenvalue weighted by Gasteiger charge is -2.28. The first-order valence-electron chi connectivity index (χ1n) is 7.20. The molecule has 1 aromatic carbocycles. The molecule has 0 aliphatic carbocycles. The summed E-state index contributed by atoms with van der Waals surface area (Å²) < 4.78 is 15.7. The van der Waals surface area contributed by atoms with Crippen LogP contribution in [0.2, 0.25) is 0 Å². The van der Waals surface area contributed by atoms with Crippen LogP contribution in [-0.4, -0.2) is 29.2 Å². The molecule has 0 unspecified atom stereocenters. The monoisotopic (exact) mass is 311 g/mol. The number of hydrogen-bond donors (Lipinski definition) is 0. The maximum absolute atomic E-state index is 11.9. The Labute approximate surface area is 131 Å². The molecule has 7 nitrogen and oxygen atoms in total. The van der Waals surface area contributed by atoms with Crippen molar-refractivity contribution < 1.29 is 18.5 Å². The second kappa shape index (κ2) is 5.28. The lowest BCUT2D eigenvalue weighted by molar-refractivity contribution is -0.121. The largest absolute Gasteiger partial charge is 0.482 e. The fourth-order valence-electron chi connectivity index (χ4n) is 2.53. The smallest absolute Gasteiger partial charge is 0.265 e. The van der Waals surface area contributed by atoms with E-state index in [0.29, 0.717) is 24.0 Å². The number of anilines is 1. The zero-order chi connectivity index (χ0) is 15.8. The highest BCUT2D eigenvalue weighted by Gasteiger charge is 2.25. The van der Waals surface area contributed by atoms with Crippen LogP contribution >= 0.6 is 0 Å². The summed E-state index contributed by atoms with van der Waals surface area (Å²) in [5, 5.41) is 3.99. The third-order valence-electron chi connectivity index (χ3n) is 3.67. The van der Waals surface area contributed by atoms with Crippen LogP contribution in [0.15, 0.2) is 45.7 Å². The Balaban J connectivity index is 1.73. The van der Waals surface area contributed by atoms with E-state index in [-0.39, 0.29) is 12.5 Å². The normalized spacial score (nSPS) is 13.8. The van der Waals surface area contributed by atoms with Gasteiger partial charge in [-0.15, -0.1) is 0 Å². The number of nitrogens with zero attached hydrogens (tertiary/aromatic N) is 3. The van der Waals surface area contributed by atoms with Crippen molar-refractivity contribution in [2.45, 2.75) is 6.92 Å². The number of fused-ring (bicyclic) bond motifs is 1. The predicted molar refractivity (Wildman–Crippen MR) is 81.0 cm³/mol. The molecule has 0 saturated heterocycles. The summed E-state index contributed by atoms with van der Waals surface area (Å²) in [4.78, 5) is 18.0. The molecule has 1 aliphatic heterocycles. The molecule has 3 heterocycles. The van der Waals surface area contributed by atoms with E-state index in [1.54, 1.807) is 17.2 Å². The number of aromatic nitrogens is 2. The fourth-order valence-corrected chi connectivity index (χ4v) is 2.53. The number of carbonyl (C=O) groups excluding carboxylic acids is 1. The molecule has 0 spiro atoms. The topological polar surface area (TPSA) is 81.6 Å². The molecule has 23 heavy (non-hydrogen) atoms. The number of rotatable bonds is 3. The van der Waals surface area contributed by atoms with Crippen molar-refractivity contribution in [3.05, 3.63) is 36.8 Å². The number of furan rings is 1. The van der Waals surface area contributed by atoms with Gasteiger partial charge in [-0.05, 0) is 31.2 Å². The minimum atomic E-state index is -0.0654. The number of carbonyl (C=O) groups is 1. The van der Waals surface area contributed by atoms with Gasteiger partial charge in [-0.2, -0.15) is 4.98 Å². The van der Waals surface area contributed by atoms with Gasteiger partial charge in [0.05, 0.1) is 17.5 Å². The molecule has 1 amide bonds. The maximum atomic E-state index is 11.9. The van der Waals surface area contributed by atoms with Crippen molar-refractivity contribution in [2.75, 3.05) is 18.1 Å². The summed E-state index contributed by atoms with van der Waals surface area (Å²) in [6.07, 6.45) is 3.08. The summed E-state index contributed by atoms with van der Waals surface area (Å²) in [7, 11) is 0. The van der Waals surface area contributed by atoms with E-state index >= 15 is 0 Å². The molecule has 0 radical (unpaired) electrons. The van der Waals surface area contributed by atoms with E-state index < -0.39 is 0 Å². The molecule has 0 bridgehead atoms. The SMILES string of the molecule is CCN1C(=O)COc2ccc(-c3noc(-c4ccoc4)n3)cc21. The van der Waals surface area contributed by atoms with Crippen molar-refractivity contribution in [3.63, 3.8) is 0 Å². The van der Waals surface area contributed by atoms with Crippen LogP contribution in [0.5, 0.6) is 5.75 Å². The van der Waals surface area contributed by atoms with Crippen LogP contribution < -0.4 is 9.64 Å². The molecule has 116 valence electrons. The number of benzene rings is 1. The van der Waals surface area contributed by atoms with Gasteiger partial charge in [-0.1, -0.05) is 5.16 Å². The van der Waals surface area contributed by atoms with Crippen molar-refractivity contribution >= 4 is 11.6 Å². The van der Waals surface area contributed by atoms with E-state index in [2.05, 4.69) is 10.1 Å². The fraction of sp³-hybridized carbons (Fsp3) is 0.188. The first-order chi connectivity index (χ1) is 11.3. The molecule has 2 aromatic heterocycles. The van der Waals surface area contributed by atoms with Gasteiger partial charge in [-0.25, -0.2) is 0 Å².